The molecule has 1 aliphatic carbocycles. The highest BCUT2D eigenvalue weighted by atomic mass is 35.5. The Labute approximate surface area is 66.9 Å². The molecule has 1 rings (SSSR count). The lowest BCUT2D eigenvalue weighted by atomic mass is 10.1. The molecule has 0 aliphatic heterocycles. The summed E-state index contributed by atoms with van der Waals surface area (Å²) in [5, 5.41) is 0.851. The topological polar surface area (TPSA) is 0 Å². The van der Waals surface area contributed by atoms with E-state index in [1.165, 1.54) is 5.57 Å². The molecule has 0 saturated carbocycles. The van der Waals surface area contributed by atoms with Gasteiger partial charge in [-0.15, -0.1) is 0 Å². The molecular weight excluding hydrogens is 144 g/mol. The van der Waals surface area contributed by atoms with E-state index in [1.54, 1.807) is 0 Å². The van der Waals surface area contributed by atoms with Gasteiger partial charge in [0.05, 0.1) is 0 Å². The Morgan fingerprint density at radius 2 is 2.30 bits per heavy atom. The summed E-state index contributed by atoms with van der Waals surface area (Å²) < 4.78 is 0. The van der Waals surface area contributed by atoms with Crippen molar-refractivity contribution in [1.82, 2.24) is 0 Å². The molecule has 1 heteroatoms. The lowest BCUT2D eigenvalue weighted by Gasteiger charge is -1.98. The van der Waals surface area contributed by atoms with Crippen LogP contribution >= 0.6 is 11.6 Å². The Morgan fingerprint density at radius 3 is 3.10 bits per heavy atom. The van der Waals surface area contributed by atoms with Crippen molar-refractivity contribution >= 4 is 11.6 Å². The molecule has 0 spiro atoms. The number of halogens is 1. The van der Waals surface area contributed by atoms with Crippen molar-refractivity contribution in [2.75, 3.05) is 0 Å². The van der Waals surface area contributed by atoms with Crippen LogP contribution in [0.1, 0.15) is 19.8 Å². The van der Waals surface area contributed by atoms with E-state index in [-0.39, 0.29) is 0 Å². The molecule has 10 heavy (non-hydrogen) atoms. The van der Waals surface area contributed by atoms with Gasteiger partial charge in [-0.25, -0.2) is 0 Å². The van der Waals surface area contributed by atoms with E-state index in [9.17, 15) is 0 Å². The minimum absolute atomic E-state index is 0.851. The van der Waals surface area contributed by atoms with E-state index in [0.717, 1.165) is 17.9 Å². The van der Waals surface area contributed by atoms with Gasteiger partial charge in [0.25, 0.3) is 0 Å². The summed E-state index contributed by atoms with van der Waals surface area (Å²) in [5.74, 6) is 0. The van der Waals surface area contributed by atoms with Crippen LogP contribution in [0.4, 0.5) is 0 Å². The Hall–Kier alpha value is -0.490. The Bertz CT molecular complexity index is 197. The average Bonchev–Trinajstić information content (AvgIpc) is 1.84. The predicted octanol–water partition coefficient (Wildman–Crippen LogP) is 3.41. The normalized spacial score (nSPS) is 32.6. The summed E-state index contributed by atoms with van der Waals surface area (Å²) in [7, 11) is 0. The zero-order valence-electron chi connectivity index (χ0n) is 6.10. The van der Waals surface area contributed by atoms with Crippen molar-refractivity contribution < 1.29 is 0 Å². The average molecular weight is 155 g/mol. The van der Waals surface area contributed by atoms with E-state index in [0.29, 0.717) is 0 Å². The summed E-state index contributed by atoms with van der Waals surface area (Å²) in [4.78, 5) is 0. The van der Waals surface area contributed by atoms with Gasteiger partial charge in [-0.2, -0.15) is 0 Å². The van der Waals surface area contributed by atoms with Gasteiger partial charge in [0.1, 0.15) is 0 Å². The van der Waals surface area contributed by atoms with Crippen LogP contribution in [0.3, 0.4) is 0 Å². The first-order valence-electron chi connectivity index (χ1n) is 3.48. The lowest BCUT2D eigenvalue weighted by Crippen LogP contribution is -1.78. The van der Waals surface area contributed by atoms with Gasteiger partial charge in [0.2, 0.25) is 0 Å². The highest BCUT2D eigenvalue weighted by Gasteiger charge is 1.91. The van der Waals surface area contributed by atoms with Gasteiger partial charge in [-0.05, 0) is 25.8 Å². The molecule has 54 valence electrons. The summed E-state index contributed by atoms with van der Waals surface area (Å²) in [6.07, 6.45) is 10.3. The molecular formula is C9H11Cl. The number of hydrogen-bond acceptors (Lipinski definition) is 0. The van der Waals surface area contributed by atoms with Crippen LogP contribution in [0.2, 0.25) is 0 Å². The molecule has 1 aliphatic rings. The number of rotatable bonds is 0. The van der Waals surface area contributed by atoms with E-state index in [2.05, 4.69) is 19.1 Å². The van der Waals surface area contributed by atoms with Gasteiger partial charge >= 0.3 is 0 Å². The van der Waals surface area contributed by atoms with Crippen molar-refractivity contribution in [2.24, 2.45) is 0 Å². The number of hydrogen-bond donors (Lipinski definition) is 0. The number of allylic oxidation sites excluding steroid dienone is 6. The maximum atomic E-state index is 5.79. The SMILES string of the molecule is C/C1=C/C=C\C(Cl)=C/CC1. The summed E-state index contributed by atoms with van der Waals surface area (Å²) in [6.45, 7) is 2.14. The van der Waals surface area contributed by atoms with Crippen LogP contribution in [-0.4, -0.2) is 0 Å². The first-order valence-corrected chi connectivity index (χ1v) is 3.86. The quantitative estimate of drug-likeness (QED) is 0.502. The van der Waals surface area contributed by atoms with Crippen LogP contribution in [0, 0.1) is 0 Å². The van der Waals surface area contributed by atoms with Crippen molar-refractivity contribution in [1.29, 1.82) is 0 Å². The molecule has 0 atom stereocenters. The molecule has 0 heterocycles. The third-order valence-electron chi connectivity index (χ3n) is 1.51. The van der Waals surface area contributed by atoms with Gasteiger partial charge in [-0.3, -0.25) is 0 Å². The second-order valence-corrected chi connectivity index (χ2v) is 2.94. The molecule has 0 bridgehead atoms. The molecule has 0 fully saturated rings. The summed E-state index contributed by atoms with van der Waals surface area (Å²) in [6, 6.07) is 0. The van der Waals surface area contributed by atoms with Crippen LogP contribution in [0.15, 0.2) is 34.9 Å². The summed E-state index contributed by atoms with van der Waals surface area (Å²) >= 11 is 5.79. The van der Waals surface area contributed by atoms with Gasteiger partial charge in [-0.1, -0.05) is 35.4 Å². The zero-order chi connectivity index (χ0) is 7.40. The van der Waals surface area contributed by atoms with Crippen LogP contribution < -0.4 is 0 Å². The molecule has 0 unspecified atom stereocenters. The maximum Gasteiger partial charge on any atom is 0.0366 e. The van der Waals surface area contributed by atoms with Gasteiger partial charge < -0.3 is 0 Å². The van der Waals surface area contributed by atoms with Crippen LogP contribution in [0.25, 0.3) is 0 Å². The Kier molecular flexibility index (Phi) is 2.76. The largest absolute Gasteiger partial charge is 0.0847 e. The fourth-order valence-electron chi connectivity index (χ4n) is 0.893. The molecule has 0 radical (unpaired) electrons. The zero-order valence-corrected chi connectivity index (χ0v) is 6.86. The van der Waals surface area contributed by atoms with Crippen LogP contribution in [0.5, 0.6) is 0 Å². The van der Waals surface area contributed by atoms with E-state index in [4.69, 9.17) is 11.6 Å². The highest BCUT2D eigenvalue weighted by molar-refractivity contribution is 6.31. The molecule has 0 aromatic heterocycles. The second-order valence-electron chi connectivity index (χ2n) is 2.50. The second kappa shape index (κ2) is 3.62. The maximum absolute atomic E-state index is 5.79. The van der Waals surface area contributed by atoms with Crippen LogP contribution in [-0.2, 0) is 0 Å². The van der Waals surface area contributed by atoms with Crippen molar-refractivity contribution in [2.45, 2.75) is 19.8 Å². The standard InChI is InChI=1S/C9H11Cl/c1-8-4-2-6-9(10)7-3-5-8/h2,4,6-7H,3,5H2,1H3/b6-2-,8-4-,9-7+. The van der Waals surface area contributed by atoms with E-state index < -0.39 is 0 Å². The molecule has 0 amide bonds. The molecule has 0 aromatic carbocycles. The molecule has 0 N–H and O–H groups in total. The predicted molar refractivity (Wildman–Crippen MR) is 46.1 cm³/mol. The third-order valence-corrected chi connectivity index (χ3v) is 1.79. The summed E-state index contributed by atoms with van der Waals surface area (Å²) in [5.41, 5.74) is 1.41. The Balaban J connectivity index is 2.70. The lowest BCUT2D eigenvalue weighted by molar-refractivity contribution is 0.974. The smallest absolute Gasteiger partial charge is 0.0366 e. The minimum atomic E-state index is 0.851. The van der Waals surface area contributed by atoms with E-state index >= 15 is 0 Å². The first kappa shape index (κ1) is 7.62. The molecule has 0 aromatic rings. The van der Waals surface area contributed by atoms with E-state index in [1.807, 2.05) is 12.2 Å². The van der Waals surface area contributed by atoms with Crippen molar-refractivity contribution in [3.05, 3.63) is 34.9 Å². The minimum Gasteiger partial charge on any atom is -0.0847 e. The van der Waals surface area contributed by atoms with Crippen molar-refractivity contribution in [3.8, 4) is 0 Å². The van der Waals surface area contributed by atoms with Gasteiger partial charge in [0.15, 0.2) is 0 Å². The first-order chi connectivity index (χ1) is 4.79. The van der Waals surface area contributed by atoms with Gasteiger partial charge in [0, 0.05) is 5.03 Å². The monoisotopic (exact) mass is 154 g/mol. The molecule has 0 saturated heterocycles. The Morgan fingerprint density at radius 1 is 1.50 bits per heavy atom. The fourth-order valence-corrected chi connectivity index (χ4v) is 1.08. The fraction of sp³-hybridized carbons (Fsp3) is 0.333. The third kappa shape index (κ3) is 2.40. The highest BCUT2D eigenvalue weighted by Crippen LogP contribution is 2.13. The molecule has 0 nitrogen and oxygen atoms in total. The van der Waals surface area contributed by atoms with Crippen molar-refractivity contribution in [3.63, 3.8) is 0 Å².